The topological polar surface area (TPSA) is 124 Å². The van der Waals surface area contributed by atoms with Crippen molar-refractivity contribution in [3.8, 4) is 17.5 Å². The van der Waals surface area contributed by atoms with E-state index in [4.69, 9.17) is 15.2 Å². The Morgan fingerprint density at radius 1 is 1.10 bits per heavy atom. The van der Waals surface area contributed by atoms with Gasteiger partial charge in [0.1, 0.15) is 23.5 Å². The van der Waals surface area contributed by atoms with Crippen molar-refractivity contribution in [1.29, 1.82) is 5.26 Å². The lowest BCUT2D eigenvalue weighted by atomic mass is 9.80. The molecular formula is C30H29N9. The van der Waals surface area contributed by atoms with Gasteiger partial charge in [0.15, 0.2) is 5.82 Å². The molecule has 0 radical (unpaired) electrons. The van der Waals surface area contributed by atoms with Crippen LogP contribution in [0.2, 0.25) is 0 Å². The lowest BCUT2D eigenvalue weighted by molar-refractivity contribution is 0.236. The minimum Gasteiger partial charge on any atom is -0.366 e. The summed E-state index contributed by atoms with van der Waals surface area (Å²) in [6, 6.07) is 7.97. The Bertz CT molecular complexity index is 1680. The summed E-state index contributed by atoms with van der Waals surface area (Å²) in [5.74, 6) is 2.65. The second-order valence-corrected chi connectivity index (χ2v) is 10.7. The fraction of sp³-hybridized carbons (Fsp3) is 0.267. The van der Waals surface area contributed by atoms with Gasteiger partial charge in [0, 0.05) is 42.3 Å². The summed E-state index contributed by atoms with van der Waals surface area (Å²) in [5, 5.41) is 20.7. The molecule has 0 aromatic carbocycles. The molecule has 9 heteroatoms. The average Bonchev–Trinajstić information content (AvgIpc) is 2.90. The van der Waals surface area contributed by atoms with Gasteiger partial charge in [0.05, 0.1) is 22.7 Å². The molecule has 194 valence electrons. The zero-order chi connectivity index (χ0) is 27.0. The Kier molecular flexibility index (Phi) is 6.25. The van der Waals surface area contributed by atoms with E-state index in [1.807, 2.05) is 31.3 Å². The molecule has 0 amide bonds. The maximum absolute atomic E-state index is 9.14. The van der Waals surface area contributed by atoms with Crippen molar-refractivity contribution < 1.29 is 0 Å². The van der Waals surface area contributed by atoms with Crippen molar-refractivity contribution in [3.63, 3.8) is 0 Å². The van der Waals surface area contributed by atoms with Crippen molar-refractivity contribution in [1.82, 2.24) is 30.2 Å². The molecule has 0 saturated carbocycles. The van der Waals surface area contributed by atoms with Crippen LogP contribution in [0.4, 0.5) is 17.5 Å². The van der Waals surface area contributed by atoms with Crippen LogP contribution in [0.1, 0.15) is 37.0 Å². The number of nitrogens with zero attached hydrogens (tertiary/aromatic N) is 6. The van der Waals surface area contributed by atoms with Gasteiger partial charge in [0.25, 0.3) is 0 Å². The molecule has 0 bridgehead atoms. The predicted molar refractivity (Wildman–Crippen MR) is 153 cm³/mol. The van der Waals surface area contributed by atoms with Crippen LogP contribution >= 0.6 is 0 Å². The molecular weight excluding hydrogens is 486 g/mol. The van der Waals surface area contributed by atoms with Crippen molar-refractivity contribution in [2.75, 3.05) is 23.7 Å². The molecule has 39 heavy (non-hydrogen) atoms. The summed E-state index contributed by atoms with van der Waals surface area (Å²) < 4.78 is 0. The maximum atomic E-state index is 9.14. The van der Waals surface area contributed by atoms with Crippen LogP contribution in [0.3, 0.4) is 0 Å². The highest BCUT2D eigenvalue weighted by molar-refractivity contribution is 6.02. The molecule has 9 nitrogen and oxygen atoms in total. The number of allylic oxidation sites excluding steroid dienone is 4. The first-order chi connectivity index (χ1) is 18.9. The van der Waals surface area contributed by atoms with E-state index in [1.165, 1.54) is 0 Å². The van der Waals surface area contributed by atoms with Gasteiger partial charge in [-0.3, -0.25) is 4.98 Å². The van der Waals surface area contributed by atoms with Crippen molar-refractivity contribution in [2.24, 2.45) is 5.41 Å². The standard InChI is InChI=1S/C30H29N9/c1-18-11-19(13-31)14-35-27(18)38-25-12-21(7-10-34-25)28-36-23-16-33-15-22(20-5-4-6-20)26(23)29(39-28)37-24-8-9-32-17-30(24,2)3/h4-7,10-12,14-16,24,32H,8-9,17H2,1-3H3,(H,34,35,38)(H,36,37,39)/t24-/m0/s1. The number of rotatable bonds is 6. The summed E-state index contributed by atoms with van der Waals surface area (Å²) >= 11 is 0. The first kappa shape index (κ1) is 24.6. The highest BCUT2D eigenvalue weighted by Crippen LogP contribution is 2.36. The quantitative estimate of drug-likeness (QED) is 0.319. The van der Waals surface area contributed by atoms with E-state index in [2.05, 4.69) is 63.0 Å². The number of nitriles is 1. The largest absolute Gasteiger partial charge is 0.366 e. The number of fused-ring (bicyclic) bond motifs is 1. The number of aryl methyl sites for hydroxylation is 1. The van der Waals surface area contributed by atoms with Gasteiger partial charge < -0.3 is 16.0 Å². The van der Waals surface area contributed by atoms with E-state index in [0.717, 1.165) is 58.5 Å². The molecule has 1 fully saturated rings. The van der Waals surface area contributed by atoms with Crippen LogP contribution < -0.4 is 16.0 Å². The highest BCUT2D eigenvalue weighted by atomic mass is 15.1. The van der Waals surface area contributed by atoms with Gasteiger partial charge in [-0.05, 0) is 54.6 Å². The SMILES string of the molecule is Cc1cc(C#N)cnc1Nc1cc(-c2nc(N[C@H]3CCNCC3(C)C)c3c(C4=CC=C4)cncc3n2)ccn1. The second-order valence-electron chi connectivity index (χ2n) is 10.7. The first-order valence-electron chi connectivity index (χ1n) is 13.0. The van der Waals surface area contributed by atoms with Gasteiger partial charge in [0.2, 0.25) is 0 Å². The molecule has 0 unspecified atom stereocenters. The predicted octanol–water partition coefficient (Wildman–Crippen LogP) is 5.16. The zero-order valence-electron chi connectivity index (χ0n) is 22.2. The number of hydrogen-bond acceptors (Lipinski definition) is 9. The third-order valence-electron chi connectivity index (χ3n) is 7.39. The van der Waals surface area contributed by atoms with Crippen molar-refractivity contribution in [2.45, 2.75) is 33.2 Å². The van der Waals surface area contributed by atoms with Crippen LogP contribution in [0, 0.1) is 23.7 Å². The molecule has 1 saturated heterocycles. The van der Waals surface area contributed by atoms with Gasteiger partial charge in [-0.25, -0.2) is 19.9 Å². The molecule has 1 aliphatic heterocycles. The first-order valence-corrected chi connectivity index (χ1v) is 13.0. The number of hydrogen-bond donors (Lipinski definition) is 3. The summed E-state index contributed by atoms with van der Waals surface area (Å²) in [4.78, 5) is 23.4. The van der Waals surface area contributed by atoms with E-state index in [9.17, 15) is 0 Å². The Hall–Kier alpha value is -4.68. The fourth-order valence-corrected chi connectivity index (χ4v) is 5.04. The molecule has 4 aromatic heterocycles. The summed E-state index contributed by atoms with van der Waals surface area (Å²) in [5.41, 5.74) is 5.18. The number of aromatic nitrogens is 5. The molecule has 4 aromatic rings. The molecule has 6 rings (SSSR count). The van der Waals surface area contributed by atoms with E-state index in [1.54, 1.807) is 24.7 Å². The maximum Gasteiger partial charge on any atom is 0.162 e. The summed E-state index contributed by atoms with van der Waals surface area (Å²) in [6.45, 7) is 8.36. The number of piperidine rings is 1. The number of nitrogens with one attached hydrogen (secondary N) is 3. The molecule has 3 N–H and O–H groups in total. The molecule has 1 atom stereocenters. The normalized spacial score (nSPS) is 17.7. The Labute approximate surface area is 227 Å². The van der Waals surface area contributed by atoms with Crippen LogP contribution in [0.15, 0.2) is 61.2 Å². The minimum atomic E-state index is 0.0538. The third kappa shape index (κ3) is 4.82. The van der Waals surface area contributed by atoms with Crippen LogP contribution in [-0.4, -0.2) is 44.1 Å². The van der Waals surface area contributed by atoms with E-state index in [0.29, 0.717) is 23.0 Å². The highest BCUT2D eigenvalue weighted by Gasteiger charge is 2.33. The van der Waals surface area contributed by atoms with Crippen LogP contribution in [0.25, 0.3) is 27.9 Å². The Morgan fingerprint density at radius 3 is 2.72 bits per heavy atom. The van der Waals surface area contributed by atoms with E-state index < -0.39 is 0 Å². The molecule has 1 aliphatic carbocycles. The number of pyridine rings is 3. The van der Waals surface area contributed by atoms with Gasteiger partial charge in [-0.2, -0.15) is 5.26 Å². The van der Waals surface area contributed by atoms with Crippen molar-refractivity contribution >= 4 is 33.9 Å². The summed E-state index contributed by atoms with van der Waals surface area (Å²) in [6.07, 6.45) is 14.2. The van der Waals surface area contributed by atoms with Crippen LogP contribution in [0.5, 0.6) is 0 Å². The van der Waals surface area contributed by atoms with Gasteiger partial charge in [-0.15, -0.1) is 0 Å². The lowest BCUT2D eigenvalue weighted by Crippen LogP contribution is -2.49. The van der Waals surface area contributed by atoms with Crippen LogP contribution in [-0.2, 0) is 0 Å². The zero-order valence-corrected chi connectivity index (χ0v) is 22.2. The minimum absolute atomic E-state index is 0.0538. The van der Waals surface area contributed by atoms with E-state index >= 15 is 0 Å². The smallest absolute Gasteiger partial charge is 0.162 e. The summed E-state index contributed by atoms with van der Waals surface area (Å²) in [7, 11) is 0. The second kappa shape index (κ2) is 9.89. The lowest BCUT2D eigenvalue weighted by Gasteiger charge is -2.40. The van der Waals surface area contributed by atoms with Gasteiger partial charge in [-0.1, -0.05) is 32.1 Å². The average molecular weight is 516 g/mol. The van der Waals surface area contributed by atoms with Crippen molar-refractivity contribution in [3.05, 3.63) is 77.9 Å². The fourth-order valence-electron chi connectivity index (χ4n) is 5.04. The van der Waals surface area contributed by atoms with E-state index in [-0.39, 0.29) is 11.5 Å². The Balaban J connectivity index is 1.42. The Morgan fingerprint density at radius 2 is 1.97 bits per heavy atom. The third-order valence-corrected chi connectivity index (χ3v) is 7.39. The monoisotopic (exact) mass is 515 g/mol. The molecule has 5 heterocycles. The molecule has 0 spiro atoms. The molecule has 2 aliphatic rings. The van der Waals surface area contributed by atoms with Gasteiger partial charge >= 0.3 is 0 Å². The number of anilines is 3.